The first-order valence-electron chi connectivity index (χ1n) is 6.57. The Bertz CT molecular complexity index is 831. The molecule has 1 heterocycles. The van der Waals surface area contributed by atoms with Gasteiger partial charge >= 0.3 is 5.97 Å². The molecule has 2 aromatic rings. The molecule has 0 unspecified atom stereocenters. The maximum atomic E-state index is 12.4. The van der Waals surface area contributed by atoms with Gasteiger partial charge < -0.3 is 5.11 Å². The minimum atomic E-state index is -3.67. The second-order valence-electron chi connectivity index (χ2n) is 5.13. The minimum Gasteiger partial charge on any atom is -0.478 e. The number of rotatable bonds is 4. The highest BCUT2D eigenvalue weighted by molar-refractivity contribution is 7.94. The number of aryl methyl sites for hydroxylation is 2. The van der Waals surface area contributed by atoms with E-state index in [1.807, 2.05) is 13.8 Å². The van der Waals surface area contributed by atoms with Crippen molar-refractivity contribution in [2.45, 2.75) is 31.9 Å². The number of hydrogen-bond donors (Lipinski definition) is 2. The number of benzene rings is 1. The number of carbonyl (C=O) groups is 1. The number of sulfonamides is 1. The number of carboxylic acid groups (broad SMARTS) is 1. The molecular formula is C15H17NO4S2. The summed E-state index contributed by atoms with van der Waals surface area (Å²) in [6.45, 7) is 7.10. The Balaban J connectivity index is 2.42. The Morgan fingerprint density at radius 1 is 1.14 bits per heavy atom. The van der Waals surface area contributed by atoms with E-state index < -0.39 is 16.0 Å². The second-order valence-corrected chi connectivity index (χ2v) is 8.29. The van der Waals surface area contributed by atoms with Gasteiger partial charge in [0.1, 0.15) is 4.21 Å². The van der Waals surface area contributed by atoms with E-state index in [9.17, 15) is 13.2 Å². The lowest BCUT2D eigenvalue weighted by molar-refractivity contribution is 0.0696. The molecule has 0 aliphatic heterocycles. The molecule has 0 aliphatic carbocycles. The van der Waals surface area contributed by atoms with Gasteiger partial charge in [0.15, 0.2) is 0 Å². The predicted molar refractivity (Wildman–Crippen MR) is 87.5 cm³/mol. The lowest BCUT2D eigenvalue weighted by Crippen LogP contribution is -2.13. The van der Waals surface area contributed by atoms with Crippen LogP contribution in [0.15, 0.2) is 22.4 Å². The first kappa shape index (κ1) is 16.5. The van der Waals surface area contributed by atoms with Crippen LogP contribution in [0.2, 0.25) is 0 Å². The number of carboxylic acids is 1. The zero-order chi connectivity index (χ0) is 16.7. The Morgan fingerprint density at radius 3 is 2.27 bits per heavy atom. The quantitative estimate of drug-likeness (QED) is 0.893. The molecule has 2 rings (SSSR count). The highest BCUT2D eigenvalue weighted by atomic mass is 32.2. The third-order valence-electron chi connectivity index (χ3n) is 3.67. The zero-order valence-electron chi connectivity index (χ0n) is 12.7. The van der Waals surface area contributed by atoms with E-state index in [2.05, 4.69) is 4.72 Å². The Kier molecular flexibility index (Phi) is 4.30. The van der Waals surface area contributed by atoms with Gasteiger partial charge in [-0.1, -0.05) is 0 Å². The highest BCUT2D eigenvalue weighted by Crippen LogP contribution is 2.29. The fourth-order valence-electron chi connectivity index (χ4n) is 2.03. The summed E-state index contributed by atoms with van der Waals surface area (Å²) in [6, 6.07) is 4.53. The van der Waals surface area contributed by atoms with Crippen LogP contribution in [-0.4, -0.2) is 19.5 Å². The molecule has 118 valence electrons. The molecule has 2 N–H and O–H groups in total. The van der Waals surface area contributed by atoms with Crippen LogP contribution in [0.5, 0.6) is 0 Å². The fourth-order valence-corrected chi connectivity index (χ4v) is 4.67. The molecule has 0 aliphatic rings. The van der Waals surface area contributed by atoms with Gasteiger partial charge in [-0.05, 0) is 62.6 Å². The highest BCUT2D eigenvalue weighted by Gasteiger charge is 2.20. The predicted octanol–water partition coefficient (Wildman–Crippen LogP) is 3.48. The van der Waals surface area contributed by atoms with Gasteiger partial charge in [0.05, 0.1) is 11.3 Å². The van der Waals surface area contributed by atoms with Crippen LogP contribution in [0, 0.1) is 27.7 Å². The summed E-state index contributed by atoms with van der Waals surface area (Å²) in [5, 5.41) is 9.09. The largest absolute Gasteiger partial charge is 0.478 e. The number of thiophene rings is 1. The number of nitrogens with one attached hydrogen (secondary N) is 1. The van der Waals surface area contributed by atoms with Crippen LogP contribution in [0.25, 0.3) is 0 Å². The summed E-state index contributed by atoms with van der Waals surface area (Å²) in [5.41, 5.74) is 2.65. The molecule has 5 nitrogen and oxygen atoms in total. The SMILES string of the molecule is Cc1cc(S(=O)(=O)Nc2ccc(C(=O)O)c(C)c2C)sc1C. The average Bonchev–Trinajstić information content (AvgIpc) is 2.75. The molecule has 7 heteroatoms. The summed E-state index contributed by atoms with van der Waals surface area (Å²) in [6.07, 6.45) is 0. The zero-order valence-corrected chi connectivity index (χ0v) is 14.4. The van der Waals surface area contributed by atoms with Crippen molar-refractivity contribution in [1.29, 1.82) is 0 Å². The lowest BCUT2D eigenvalue weighted by Gasteiger charge is -2.13. The molecule has 1 aromatic carbocycles. The van der Waals surface area contributed by atoms with Crippen LogP contribution in [0.3, 0.4) is 0 Å². The number of anilines is 1. The van der Waals surface area contributed by atoms with E-state index in [0.717, 1.165) is 10.4 Å². The minimum absolute atomic E-state index is 0.170. The second kappa shape index (κ2) is 5.73. The number of aromatic carboxylic acids is 1. The van der Waals surface area contributed by atoms with Gasteiger partial charge in [-0.15, -0.1) is 11.3 Å². The monoisotopic (exact) mass is 339 g/mol. The lowest BCUT2D eigenvalue weighted by atomic mass is 10.0. The molecule has 0 spiro atoms. The smallest absolute Gasteiger partial charge is 0.335 e. The van der Waals surface area contributed by atoms with Crippen molar-refractivity contribution in [3.8, 4) is 0 Å². The van der Waals surface area contributed by atoms with Crippen LogP contribution in [0.4, 0.5) is 5.69 Å². The van der Waals surface area contributed by atoms with Crippen LogP contribution >= 0.6 is 11.3 Å². The Morgan fingerprint density at radius 2 is 1.77 bits per heavy atom. The molecule has 1 aromatic heterocycles. The van der Waals surface area contributed by atoms with Gasteiger partial charge in [0, 0.05) is 4.88 Å². The van der Waals surface area contributed by atoms with Gasteiger partial charge in [-0.3, -0.25) is 4.72 Å². The summed E-state index contributed by atoms with van der Waals surface area (Å²) < 4.78 is 27.7. The van der Waals surface area contributed by atoms with Crippen molar-refractivity contribution < 1.29 is 18.3 Å². The fraction of sp³-hybridized carbons (Fsp3) is 0.267. The normalized spacial score (nSPS) is 11.5. The molecular weight excluding hydrogens is 322 g/mol. The van der Waals surface area contributed by atoms with Crippen molar-refractivity contribution in [3.63, 3.8) is 0 Å². The molecule has 0 saturated carbocycles. The summed E-state index contributed by atoms with van der Waals surface area (Å²) in [5.74, 6) is -1.03. The van der Waals surface area contributed by atoms with E-state index in [-0.39, 0.29) is 9.77 Å². The maximum Gasteiger partial charge on any atom is 0.335 e. The van der Waals surface area contributed by atoms with Gasteiger partial charge in [-0.2, -0.15) is 0 Å². The van der Waals surface area contributed by atoms with Gasteiger partial charge in [0.2, 0.25) is 0 Å². The van der Waals surface area contributed by atoms with Crippen molar-refractivity contribution >= 4 is 33.0 Å². The van der Waals surface area contributed by atoms with E-state index in [1.54, 1.807) is 19.9 Å². The van der Waals surface area contributed by atoms with Crippen LogP contribution in [0.1, 0.15) is 31.9 Å². The molecule has 0 saturated heterocycles. The molecule has 0 atom stereocenters. The van der Waals surface area contributed by atoms with E-state index >= 15 is 0 Å². The molecule has 0 bridgehead atoms. The van der Waals surface area contributed by atoms with Gasteiger partial charge in [-0.25, -0.2) is 13.2 Å². The summed E-state index contributed by atoms with van der Waals surface area (Å²) >= 11 is 1.21. The first-order valence-corrected chi connectivity index (χ1v) is 8.87. The van der Waals surface area contributed by atoms with Gasteiger partial charge in [0.25, 0.3) is 10.0 Å². The third-order valence-corrected chi connectivity index (χ3v) is 6.66. The summed E-state index contributed by atoms with van der Waals surface area (Å²) in [7, 11) is -3.67. The number of hydrogen-bond acceptors (Lipinski definition) is 4. The average molecular weight is 339 g/mol. The Labute approximate surface area is 133 Å². The first-order chi connectivity index (χ1) is 10.1. The van der Waals surface area contributed by atoms with Crippen molar-refractivity contribution in [2.75, 3.05) is 4.72 Å². The van der Waals surface area contributed by atoms with Crippen LogP contribution < -0.4 is 4.72 Å². The molecule has 0 fully saturated rings. The van der Waals surface area contributed by atoms with E-state index in [4.69, 9.17) is 5.11 Å². The topological polar surface area (TPSA) is 83.5 Å². The van der Waals surface area contributed by atoms with Crippen molar-refractivity contribution in [1.82, 2.24) is 0 Å². The van der Waals surface area contributed by atoms with E-state index in [0.29, 0.717) is 16.8 Å². The van der Waals surface area contributed by atoms with Crippen LogP contribution in [-0.2, 0) is 10.0 Å². The van der Waals surface area contributed by atoms with E-state index in [1.165, 1.54) is 23.5 Å². The maximum absolute atomic E-state index is 12.4. The standard InChI is InChI=1S/C15H17NO4S2/c1-8-7-14(21-11(8)4)22(19,20)16-13-6-5-12(15(17)18)9(2)10(13)3/h5-7,16H,1-4H3,(H,17,18). The molecule has 0 amide bonds. The van der Waals surface area contributed by atoms with Crippen molar-refractivity contribution in [3.05, 3.63) is 45.3 Å². The Hall–Kier alpha value is -1.86. The third kappa shape index (κ3) is 3.00. The summed E-state index contributed by atoms with van der Waals surface area (Å²) in [4.78, 5) is 12.0. The molecule has 0 radical (unpaired) electrons. The van der Waals surface area contributed by atoms with Crippen molar-refractivity contribution in [2.24, 2.45) is 0 Å². The molecule has 22 heavy (non-hydrogen) atoms.